The van der Waals surface area contributed by atoms with E-state index in [4.69, 9.17) is 0 Å². The minimum absolute atomic E-state index is 0.0845. The first-order valence-corrected chi connectivity index (χ1v) is 8.33. The summed E-state index contributed by atoms with van der Waals surface area (Å²) in [6, 6.07) is 16.3. The Morgan fingerprint density at radius 3 is 2.33 bits per heavy atom. The van der Waals surface area contributed by atoms with Gasteiger partial charge < -0.3 is 10.2 Å². The minimum Gasteiger partial charge on any atom is -0.322 e. The largest absolute Gasteiger partial charge is 0.322 e. The Morgan fingerprint density at radius 2 is 1.62 bits per heavy atom. The van der Waals surface area contributed by atoms with Gasteiger partial charge in [-0.2, -0.15) is 0 Å². The molecule has 1 N–H and O–H groups in total. The van der Waals surface area contributed by atoms with Gasteiger partial charge in [0.25, 0.3) is 5.91 Å². The molecular weight excluding hydrogens is 300 g/mol. The number of likely N-dealkylation sites (tertiary alicyclic amines) is 1. The molecule has 1 aliphatic rings. The topological polar surface area (TPSA) is 49.4 Å². The van der Waals surface area contributed by atoms with Gasteiger partial charge in [-0.15, -0.1) is 0 Å². The number of piperidine rings is 1. The Kier molecular flexibility index (Phi) is 5.06. The van der Waals surface area contributed by atoms with Gasteiger partial charge in [0.15, 0.2) is 5.78 Å². The van der Waals surface area contributed by atoms with E-state index in [0.717, 1.165) is 25.9 Å². The molecule has 1 amide bonds. The summed E-state index contributed by atoms with van der Waals surface area (Å²) in [7, 11) is 2.08. The fourth-order valence-corrected chi connectivity index (χ4v) is 3.05. The van der Waals surface area contributed by atoms with Crippen molar-refractivity contribution in [1.29, 1.82) is 0 Å². The van der Waals surface area contributed by atoms with E-state index in [1.54, 1.807) is 18.2 Å². The number of rotatable bonds is 4. The van der Waals surface area contributed by atoms with Crippen molar-refractivity contribution < 1.29 is 9.59 Å². The van der Waals surface area contributed by atoms with E-state index in [1.165, 1.54) is 0 Å². The van der Waals surface area contributed by atoms with Crippen LogP contribution in [0.3, 0.4) is 0 Å². The van der Waals surface area contributed by atoms with Gasteiger partial charge in [0.1, 0.15) is 0 Å². The van der Waals surface area contributed by atoms with Crippen LogP contribution in [0.2, 0.25) is 0 Å². The zero-order valence-corrected chi connectivity index (χ0v) is 13.9. The second kappa shape index (κ2) is 7.41. The lowest BCUT2D eigenvalue weighted by Crippen LogP contribution is -2.33. The first-order valence-electron chi connectivity index (χ1n) is 8.33. The van der Waals surface area contributed by atoms with Gasteiger partial charge in [-0.25, -0.2) is 0 Å². The quantitative estimate of drug-likeness (QED) is 0.877. The molecule has 0 aliphatic carbocycles. The van der Waals surface area contributed by atoms with Gasteiger partial charge >= 0.3 is 0 Å². The Bertz CT molecular complexity index is 719. The molecule has 1 aliphatic heterocycles. The normalized spacial score (nSPS) is 15.9. The van der Waals surface area contributed by atoms with Crippen molar-refractivity contribution >= 4 is 17.4 Å². The molecule has 4 nitrogen and oxygen atoms in total. The van der Waals surface area contributed by atoms with E-state index in [0.29, 0.717) is 16.8 Å². The maximum atomic E-state index is 12.7. The van der Waals surface area contributed by atoms with Gasteiger partial charge in [0, 0.05) is 22.7 Å². The number of Topliss-reactive ketones (excluding diaryl/α,β-unsaturated/α-hetero) is 1. The number of hydrogen-bond acceptors (Lipinski definition) is 3. The SMILES string of the molecule is CN1CCC(C(=O)c2cccc(NC(=O)c3ccccc3)c2)CC1. The number of hydrogen-bond donors (Lipinski definition) is 1. The van der Waals surface area contributed by atoms with Crippen molar-refractivity contribution in [2.45, 2.75) is 12.8 Å². The second-order valence-electron chi connectivity index (χ2n) is 6.34. The van der Waals surface area contributed by atoms with Crippen molar-refractivity contribution in [2.24, 2.45) is 5.92 Å². The van der Waals surface area contributed by atoms with Gasteiger partial charge in [-0.05, 0) is 57.2 Å². The van der Waals surface area contributed by atoms with Crippen LogP contribution >= 0.6 is 0 Å². The van der Waals surface area contributed by atoms with E-state index < -0.39 is 0 Å². The lowest BCUT2D eigenvalue weighted by Gasteiger charge is -2.28. The summed E-state index contributed by atoms with van der Waals surface area (Å²) in [5.74, 6) is 0.0969. The molecule has 4 heteroatoms. The first-order chi connectivity index (χ1) is 11.6. The molecule has 2 aromatic carbocycles. The summed E-state index contributed by atoms with van der Waals surface area (Å²) in [5, 5.41) is 2.86. The standard InChI is InChI=1S/C20H22N2O2/c1-22-12-10-15(11-13-22)19(23)17-8-5-9-18(14-17)21-20(24)16-6-3-2-4-7-16/h2-9,14-15H,10-13H2,1H3,(H,21,24). The summed E-state index contributed by atoms with van der Waals surface area (Å²) in [5.41, 5.74) is 1.93. The fraction of sp³-hybridized carbons (Fsp3) is 0.300. The van der Waals surface area contributed by atoms with Gasteiger partial charge in [0.2, 0.25) is 0 Å². The van der Waals surface area contributed by atoms with Crippen LogP contribution in [-0.2, 0) is 0 Å². The minimum atomic E-state index is -0.167. The molecule has 0 unspecified atom stereocenters. The number of anilines is 1. The summed E-state index contributed by atoms with van der Waals surface area (Å²) in [6.45, 7) is 1.92. The predicted molar refractivity (Wildman–Crippen MR) is 95.4 cm³/mol. The molecule has 3 rings (SSSR count). The van der Waals surface area contributed by atoms with Crippen molar-refractivity contribution in [3.8, 4) is 0 Å². The highest BCUT2D eigenvalue weighted by Gasteiger charge is 2.24. The lowest BCUT2D eigenvalue weighted by molar-refractivity contribution is 0.0856. The third kappa shape index (κ3) is 3.89. The first kappa shape index (κ1) is 16.4. The van der Waals surface area contributed by atoms with Crippen LogP contribution in [-0.4, -0.2) is 36.7 Å². The Labute approximate surface area is 142 Å². The number of nitrogens with zero attached hydrogens (tertiary/aromatic N) is 1. The third-order valence-electron chi connectivity index (χ3n) is 4.53. The van der Waals surface area contributed by atoms with Gasteiger partial charge in [0.05, 0.1) is 0 Å². The summed E-state index contributed by atoms with van der Waals surface area (Å²) in [6.07, 6.45) is 1.80. The van der Waals surface area contributed by atoms with Gasteiger partial charge in [-0.3, -0.25) is 9.59 Å². The molecule has 1 saturated heterocycles. The molecule has 0 radical (unpaired) electrons. The van der Waals surface area contributed by atoms with E-state index in [-0.39, 0.29) is 17.6 Å². The van der Waals surface area contributed by atoms with Crippen LogP contribution in [0.1, 0.15) is 33.6 Å². The average Bonchev–Trinajstić information content (AvgIpc) is 2.63. The van der Waals surface area contributed by atoms with E-state index in [9.17, 15) is 9.59 Å². The molecular formula is C20H22N2O2. The molecule has 1 heterocycles. The van der Waals surface area contributed by atoms with Gasteiger partial charge in [-0.1, -0.05) is 30.3 Å². The smallest absolute Gasteiger partial charge is 0.255 e. The summed E-state index contributed by atoms with van der Waals surface area (Å²) in [4.78, 5) is 27.2. The number of amides is 1. The average molecular weight is 322 g/mol. The maximum Gasteiger partial charge on any atom is 0.255 e. The van der Waals surface area contributed by atoms with Crippen LogP contribution in [0.4, 0.5) is 5.69 Å². The van der Waals surface area contributed by atoms with Crippen molar-refractivity contribution in [2.75, 3.05) is 25.5 Å². The zero-order valence-electron chi connectivity index (χ0n) is 13.9. The molecule has 0 spiro atoms. The van der Waals surface area contributed by atoms with Crippen molar-refractivity contribution in [3.63, 3.8) is 0 Å². The fourth-order valence-electron chi connectivity index (χ4n) is 3.05. The highest BCUT2D eigenvalue weighted by atomic mass is 16.1. The number of nitrogens with one attached hydrogen (secondary N) is 1. The molecule has 24 heavy (non-hydrogen) atoms. The number of ketones is 1. The number of carbonyl (C=O) groups excluding carboxylic acids is 2. The van der Waals surface area contributed by atoms with E-state index in [2.05, 4.69) is 17.3 Å². The zero-order chi connectivity index (χ0) is 16.9. The molecule has 2 aromatic rings. The predicted octanol–water partition coefficient (Wildman–Crippen LogP) is 3.46. The van der Waals surface area contributed by atoms with Crippen LogP contribution in [0.25, 0.3) is 0 Å². The Hall–Kier alpha value is -2.46. The van der Waals surface area contributed by atoms with Crippen molar-refractivity contribution in [3.05, 3.63) is 65.7 Å². The molecule has 124 valence electrons. The second-order valence-corrected chi connectivity index (χ2v) is 6.34. The van der Waals surface area contributed by atoms with E-state index in [1.807, 2.05) is 36.4 Å². The Morgan fingerprint density at radius 1 is 0.958 bits per heavy atom. The molecule has 0 saturated carbocycles. The molecule has 0 atom stereocenters. The highest BCUT2D eigenvalue weighted by Crippen LogP contribution is 2.22. The summed E-state index contributed by atoms with van der Waals surface area (Å²) >= 11 is 0. The molecule has 1 fully saturated rings. The highest BCUT2D eigenvalue weighted by molar-refractivity contribution is 6.05. The van der Waals surface area contributed by atoms with Crippen LogP contribution in [0.5, 0.6) is 0 Å². The van der Waals surface area contributed by atoms with Crippen molar-refractivity contribution in [1.82, 2.24) is 4.90 Å². The maximum absolute atomic E-state index is 12.7. The van der Waals surface area contributed by atoms with Crippen LogP contribution < -0.4 is 5.32 Å². The summed E-state index contributed by atoms with van der Waals surface area (Å²) < 4.78 is 0. The molecule has 0 aromatic heterocycles. The molecule has 0 bridgehead atoms. The van der Waals surface area contributed by atoms with E-state index >= 15 is 0 Å². The number of benzene rings is 2. The van der Waals surface area contributed by atoms with Crippen LogP contribution in [0.15, 0.2) is 54.6 Å². The van der Waals surface area contributed by atoms with Crippen LogP contribution in [0, 0.1) is 5.92 Å². The monoisotopic (exact) mass is 322 g/mol. The number of carbonyl (C=O) groups is 2. The Balaban J connectivity index is 1.70. The third-order valence-corrected chi connectivity index (χ3v) is 4.53. The lowest BCUT2D eigenvalue weighted by atomic mass is 9.89.